The summed E-state index contributed by atoms with van der Waals surface area (Å²) >= 11 is 0. The number of ether oxygens (including phenoxy) is 3. The van der Waals surface area contributed by atoms with E-state index in [1.165, 1.54) is 0 Å². The molecule has 0 aromatic heterocycles. The van der Waals surface area contributed by atoms with E-state index in [2.05, 4.69) is 21.5 Å². The van der Waals surface area contributed by atoms with Gasteiger partial charge in [-0.15, -0.1) is 0 Å². The van der Waals surface area contributed by atoms with Crippen LogP contribution in [0.5, 0.6) is 0 Å². The normalized spacial score (nSPS) is 13.0. The molecule has 0 saturated heterocycles. The second kappa shape index (κ2) is 21.4. The number of benzene rings is 5. The summed E-state index contributed by atoms with van der Waals surface area (Å²) in [5, 5.41) is 5.12. The highest BCUT2D eigenvalue weighted by Crippen LogP contribution is 2.45. The largest absolute Gasteiger partial charge is 0.449 e. The van der Waals surface area contributed by atoms with E-state index in [1.54, 1.807) is 32.7 Å². The number of hydrazine groups is 1. The minimum Gasteiger partial charge on any atom is -0.449 e. The Morgan fingerprint density at radius 3 is 1.56 bits per heavy atom. The number of alkyl carbamates (subject to hydrolysis) is 2. The highest BCUT2D eigenvalue weighted by molar-refractivity contribution is 5.94. The monoisotopic (exact) mass is 867 g/mol. The average Bonchev–Trinajstić information content (AvgIpc) is 3.62. The van der Waals surface area contributed by atoms with Crippen molar-refractivity contribution in [3.05, 3.63) is 167 Å². The van der Waals surface area contributed by atoms with E-state index in [0.717, 1.165) is 51.8 Å². The molecule has 0 fully saturated rings. The topological polar surface area (TPSA) is 164 Å². The lowest BCUT2D eigenvalue weighted by Crippen LogP contribution is -2.59. The maximum absolute atomic E-state index is 14.9. The fourth-order valence-corrected chi connectivity index (χ4v) is 7.99. The fourth-order valence-electron chi connectivity index (χ4n) is 7.99. The molecule has 0 aliphatic heterocycles. The van der Waals surface area contributed by atoms with E-state index in [-0.39, 0.29) is 19.1 Å². The van der Waals surface area contributed by atoms with Crippen LogP contribution < -0.4 is 21.5 Å². The first-order valence-corrected chi connectivity index (χ1v) is 21.5. The predicted molar refractivity (Wildman–Crippen MR) is 244 cm³/mol. The van der Waals surface area contributed by atoms with Gasteiger partial charge < -0.3 is 29.7 Å². The van der Waals surface area contributed by atoms with Gasteiger partial charge in [0.1, 0.15) is 29.8 Å². The smallest absolute Gasteiger partial charge is 0.408 e. The SMILES string of the molecule is CCCCOC[C@H](NC(=O)OC(C)(C)C)C(=O)NNC(=O)[C@H](CC(=O)N(C)C(c1ccccc1)(c1ccccc1)c1ccccc1)NC(=O)OCC1c2ccccc2-c2ccccc21. The molecular formula is C51H57N5O8. The molecule has 0 bridgehead atoms. The highest BCUT2D eigenvalue weighted by Gasteiger charge is 2.44. The van der Waals surface area contributed by atoms with Crippen LogP contribution in [0.3, 0.4) is 0 Å². The number of nitrogens with zero attached hydrogens (tertiary/aromatic N) is 1. The molecule has 5 amide bonds. The van der Waals surface area contributed by atoms with E-state index in [0.29, 0.717) is 6.61 Å². The summed E-state index contributed by atoms with van der Waals surface area (Å²) in [5.74, 6) is -2.53. The molecule has 0 saturated carbocycles. The predicted octanol–water partition coefficient (Wildman–Crippen LogP) is 7.59. The lowest BCUT2D eigenvalue weighted by Gasteiger charge is -2.44. The van der Waals surface area contributed by atoms with Gasteiger partial charge in [-0.3, -0.25) is 25.2 Å². The third-order valence-electron chi connectivity index (χ3n) is 11.0. The van der Waals surface area contributed by atoms with Crippen LogP contribution in [0.1, 0.15) is 80.7 Å². The third kappa shape index (κ3) is 11.1. The zero-order valence-corrected chi connectivity index (χ0v) is 37.0. The molecule has 6 rings (SSSR count). The van der Waals surface area contributed by atoms with Crippen molar-refractivity contribution < 1.29 is 38.2 Å². The summed E-state index contributed by atoms with van der Waals surface area (Å²) in [7, 11) is 1.66. The zero-order valence-electron chi connectivity index (χ0n) is 37.0. The molecule has 2 atom stereocenters. The molecule has 0 unspecified atom stereocenters. The summed E-state index contributed by atoms with van der Waals surface area (Å²) in [4.78, 5) is 70.8. The van der Waals surface area contributed by atoms with Crippen LogP contribution >= 0.6 is 0 Å². The molecular weight excluding hydrogens is 811 g/mol. The average molecular weight is 868 g/mol. The molecule has 1 aliphatic rings. The molecule has 334 valence electrons. The van der Waals surface area contributed by atoms with Crippen LogP contribution in [0.15, 0.2) is 140 Å². The molecule has 0 spiro atoms. The Morgan fingerprint density at radius 1 is 0.625 bits per heavy atom. The number of amides is 5. The van der Waals surface area contributed by atoms with Crippen LogP contribution in [-0.4, -0.2) is 79.4 Å². The zero-order chi connectivity index (χ0) is 45.7. The number of hydrogen-bond donors (Lipinski definition) is 4. The van der Waals surface area contributed by atoms with Gasteiger partial charge >= 0.3 is 12.2 Å². The van der Waals surface area contributed by atoms with Crippen LogP contribution in [0.2, 0.25) is 0 Å². The van der Waals surface area contributed by atoms with Gasteiger partial charge in [0.15, 0.2) is 0 Å². The Morgan fingerprint density at radius 2 is 1.08 bits per heavy atom. The Bertz CT molecular complexity index is 2230. The summed E-state index contributed by atoms with van der Waals surface area (Å²) in [6.07, 6.45) is -0.778. The first-order valence-electron chi connectivity index (χ1n) is 21.5. The van der Waals surface area contributed by atoms with E-state index in [9.17, 15) is 24.0 Å². The minimum absolute atomic E-state index is 0.0477. The summed E-state index contributed by atoms with van der Waals surface area (Å²) in [6.45, 7) is 7.12. The Hall–Kier alpha value is -6.99. The van der Waals surface area contributed by atoms with Gasteiger partial charge in [0, 0.05) is 19.6 Å². The molecule has 0 radical (unpaired) electrons. The Balaban J connectivity index is 1.27. The van der Waals surface area contributed by atoms with E-state index >= 15 is 0 Å². The number of hydrogen-bond acceptors (Lipinski definition) is 8. The molecule has 1 aliphatic carbocycles. The lowest BCUT2D eigenvalue weighted by molar-refractivity contribution is -0.137. The molecule has 4 N–H and O–H groups in total. The van der Waals surface area contributed by atoms with Crippen molar-refractivity contribution >= 4 is 29.9 Å². The molecule has 0 heterocycles. The van der Waals surface area contributed by atoms with Gasteiger partial charge in [-0.2, -0.15) is 0 Å². The fraction of sp³-hybridized carbons (Fsp3) is 0.314. The van der Waals surface area contributed by atoms with Gasteiger partial charge in [0.25, 0.3) is 11.8 Å². The molecule has 5 aromatic carbocycles. The molecule has 13 heteroatoms. The van der Waals surface area contributed by atoms with E-state index in [4.69, 9.17) is 14.2 Å². The highest BCUT2D eigenvalue weighted by atomic mass is 16.6. The van der Waals surface area contributed by atoms with Gasteiger partial charge in [0.05, 0.1) is 13.0 Å². The van der Waals surface area contributed by atoms with Crippen molar-refractivity contribution in [3.63, 3.8) is 0 Å². The van der Waals surface area contributed by atoms with Crippen molar-refractivity contribution in [1.82, 2.24) is 26.4 Å². The van der Waals surface area contributed by atoms with Gasteiger partial charge in [-0.05, 0) is 66.1 Å². The number of nitrogens with one attached hydrogen (secondary N) is 4. The minimum atomic E-state index is -1.55. The van der Waals surface area contributed by atoms with E-state index < -0.39 is 59.6 Å². The van der Waals surface area contributed by atoms with E-state index in [1.807, 2.05) is 146 Å². The number of carbonyl (C=O) groups is 5. The standard InChI is InChI=1S/C51H57N5O8/c1-6-7-31-62-34-44(53-49(61)64-50(2,3)4)47(59)55-54-46(58)43(52-48(60)63-33-42-40-29-19-17-27-38(40)39-28-18-20-30-41(39)42)32-45(57)56(5)51(35-21-11-8-12-22-35,36-23-13-9-14-24-36)37-25-15-10-16-26-37/h8-30,42-44H,6-7,31-34H2,1-5H3,(H,52,60)(H,53,61)(H,54,58)(H,55,59)/t43-,44-/m0/s1. The van der Waals surface area contributed by atoms with Crippen molar-refractivity contribution in [2.24, 2.45) is 0 Å². The summed E-state index contributed by atoms with van der Waals surface area (Å²) < 4.78 is 16.9. The van der Waals surface area contributed by atoms with Gasteiger partial charge in [-0.25, -0.2) is 9.59 Å². The Labute approximate surface area is 374 Å². The number of rotatable bonds is 17. The van der Waals surface area contributed by atoms with Crippen molar-refractivity contribution in [3.8, 4) is 11.1 Å². The maximum Gasteiger partial charge on any atom is 0.408 e. The molecule has 64 heavy (non-hydrogen) atoms. The first kappa shape index (κ1) is 46.5. The quantitative estimate of drug-likeness (QED) is 0.0422. The van der Waals surface area contributed by atoms with Gasteiger partial charge in [0.2, 0.25) is 5.91 Å². The second-order valence-corrected chi connectivity index (χ2v) is 16.6. The second-order valence-electron chi connectivity index (χ2n) is 16.6. The van der Waals surface area contributed by atoms with Gasteiger partial charge in [-0.1, -0.05) is 153 Å². The van der Waals surface area contributed by atoms with Crippen LogP contribution in [-0.2, 0) is 34.1 Å². The van der Waals surface area contributed by atoms with Crippen LogP contribution in [0, 0.1) is 0 Å². The number of carbonyl (C=O) groups excluding carboxylic acids is 5. The summed E-state index contributed by atoms with van der Waals surface area (Å²) in [6, 6.07) is 41.7. The van der Waals surface area contributed by atoms with Crippen molar-refractivity contribution in [2.75, 3.05) is 26.9 Å². The van der Waals surface area contributed by atoms with Crippen molar-refractivity contribution in [2.45, 2.75) is 76.1 Å². The van der Waals surface area contributed by atoms with Crippen LogP contribution in [0.25, 0.3) is 11.1 Å². The first-order chi connectivity index (χ1) is 30.8. The number of unbranched alkanes of at least 4 members (excludes halogenated alkanes) is 1. The molecule has 5 aromatic rings. The Kier molecular flexibility index (Phi) is 15.5. The third-order valence-corrected chi connectivity index (χ3v) is 11.0. The summed E-state index contributed by atoms with van der Waals surface area (Å²) in [5.41, 5.74) is 9.12. The number of fused-ring (bicyclic) bond motifs is 3. The van der Waals surface area contributed by atoms with Crippen molar-refractivity contribution in [1.29, 1.82) is 0 Å². The van der Waals surface area contributed by atoms with Crippen LogP contribution in [0.4, 0.5) is 9.59 Å². The lowest BCUT2D eigenvalue weighted by atomic mass is 9.75. The maximum atomic E-state index is 14.9. The molecule has 13 nitrogen and oxygen atoms in total.